The molecule has 1 amide bonds. The minimum absolute atomic E-state index is 0.0280. The Morgan fingerprint density at radius 1 is 1.26 bits per heavy atom. The maximum absolute atomic E-state index is 13.2. The van der Waals surface area contributed by atoms with Gasteiger partial charge in [0.05, 0.1) is 11.0 Å². The number of carbonyl (C=O) groups excluding carboxylic acids is 1. The molecule has 0 saturated carbocycles. The highest BCUT2D eigenvalue weighted by Crippen LogP contribution is 2.35. The van der Waals surface area contributed by atoms with Gasteiger partial charge in [-0.2, -0.15) is 4.31 Å². The molecule has 0 unspecified atom stereocenters. The van der Waals surface area contributed by atoms with Gasteiger partial charge < -0.3 is 10.0 Å². The smallest absolute Gasteiger partial charge is 0.243 e. The van der Waals surface area contributed by atoms with Crippen molar-refractivity contribution >= 4 is 21.6 Å². The fourth-order valence-electron chi connectivity index (χ4n) is 4.30. The lowest BCUT2D eigenvalue weighted by Gasteiger charge is -2.39. The van der Waals surface area contributed by atoms with E-state index in [-0.39, 0.29) is 22.9 Å². The Morgan fingerprint density at radius 2 is 1.96 bits per heavy atom. The van der Waals surface area contributed by atoms with E-state index in [1.54, 1.807) is 34.3 Å². The van der Waals surface area contributed by atoms with Crippen LogP contribution in [0.3, 0.4) is 0 Å². The largest absolute Gasteiger partial charge is 0.392 e. The van der Waals surface area contributed by atoms with Crippen LogP contribution >= 0.6 is 0 Å². The SMILES string of the molecule is CC(=O)N1c2ccc(S(=O)(=O)N3CCN(C[C@H](C)O)C[C@H]3C)cc2C[C@H]1C. The lowest BCUT2D eigenvalue weighted by molar-refractivity contribution is -0.116. The summed E-state index contributed by atoms with van der Waals surface area (Å²) in [7, 11) is -3.60. The van der Waals surface area contributed by atoms with Gasteiger partial charge in [0, 0.05) is 50.9 Å². The van der Waals surface area contributed by atoms with Gasteiger partial charge in [0.1, 0.15) is 0 Å². The van der Waals surface area contributed by atoms with E-state index in [9.17, 15) is 18.3 Å². The number of hydrogen-bond acceptors (Lipinski definition) is 5. The van der Waals surface area contributed by atoms with E-state index < -0.39 is 16.1 Å². The van der Waals surface area contributed by atoms with Crippen molar-refractivity contribution in [1.29, 1.82) is 0 Å². The van der Waals surface area contributed by atoms with Gasteiger partial charge in [-0.25, -0.2) is 8.42 Å². The predicted octanol–water partition coefficient (Wildman–Crippen LogP) is 1.06. The molecule has 1 saturated heterocycles. The number of fused-ring (bicyclic) bond motifs is 1. The highest BCUT2D eigenvalue weighted by Gasteiger charge is 2.36. The molecule has 2 aliphatic rings. The minimum atomic E-state index is -3.60. The molecule has 150 valence electrons. The van der Waals surface area contributed by atoms with Crippen molar-refractivity contribution in [2.75, 3.05) is 31.1 Å². The maximum Gasteiger partial charge on any atom is 0.243 e. The second-order valence-corrected chi connectivity index (χ2v) is 9.70. The number of rotatable bonds is 4. The first-order chi connectivity index (χ1) is 12.6. The summed E-state index contributed by atoms with van der Waals surface area (Å²) in [6.45, 7) is 9.31. The molecule has 8 heteroatoms. The van der Waals surface area contributed by atoms with Gasteiger partial charge in [-0.05, 0) is 51.0 Å². The van der Waals surface area contributed by atoms with Crippen LogP contribution in [0.4, 0.5) is 5.69 Å². The molecule has 7 nitrogen and oxygen atoms in total. The summed E-state index contributed by atoms with van der Waals surface area (Å²) in [5.74, 6) is -0.0280. The Morgan fingerprint density at radius 3 is 2.56 bits per heavy atom. The van der Waals surface area contributed by atoms with Gasteiger partial charge in [-0.1, -0.05) is 0 Å². The number of benzene rings is 1. The van der Waals surface area contributed by atoms with E-state index in [0.717, 1.165) is 11.3 Å². The topological polar surface area (TPSA) is 81.2 Å². The summed E-state index contributed by atoms with van der Waals surface area (Å²) in [5.41, 5.74) is 1.71. The molecule has 3 atom stereocenters. The van der Waals surface area contributed by atoms with Crippen molar-refractivity contribution in [3.05, 3.63) is 23.8 Å². The molecule has 0 spiro atoms. The van der Waals surface area contributed by atoms with Crippen molar-refractivity contribution in [3.63, 3.8) is 0 Å². The van der Waals surface area contributed by atoms with Gasteiger partial charge >= 0.3 is 0 Å². The normalized spacial score (nSPS) is 25.4. The second kappa shape index (κ2) is 7.50. The molecule has 2 aliphatic heterocycles. The van der Waals surface area contributed by atoms with Crippen LogP contribution < -0.4 is 4.90 Å². The molecule has 0 bridgehead atoms. The van der Waals surface area contributed by atoms with Gasteiger partial charge in [0.2, 0.25) is 15.9 Å². The lowest BCUT2D eigenvalue weighted by Crippen LogP contribution is -2.54. The highest BCUT2D eigenvalue weighted by molar-refractivity contribution is 7.89. The molecule has 0 aliphatic carbocycles. The summed E-state index contributed by atoms with van der Waals surface area (Å²) in [6.07, 6.45) is 0.235. The van der Waals surface area contributed by atoms with Crippen molar-refractivity contribution in [1.82, 2.24) is 9.21 Å². The average Bonchev–Trinajstić information content (AvgIpc) is 2.88. The van der Waals surface area contributed by atoms with E-state index in [4.69, 9.17) is 0 Å². The first kappa shape index (κ1) is 20.3. The predicted molar refractivity (Wildman–Crippen MR) is 104 cm³/mol. The monoisotopic (exact) mass is 395 g/mol. The number of carbonyl (C=O) groups is 1. The molecule has 1 aromatic carbocycles. The van der Waals surface area contributed by atoms with Gasteiger partial charge in [0.25, 0.3) is 0 Å². The van der Waals surface area contributed by atoms with E-state index in [1.165, 1.54) is 6.92 Å². The van der Waals surface area contributed by atoms with Crippen LogP contribution in [0.25, 0.3) is 0 Å². The number of hydrogen-bond donors (Lipinski definition) is 1. The number of aliphatic hydroxyl groups is 1. The van der Waals surface area contributed by atoms with E-state index in [2.05, 4.69) is 4.90 Å². The van der Waals surface area contributed by atoms with Crippen LogP contribution in [0.15, 0.2) is 23.1 Å². The van der Waals surface area contributed by atoms with Gasteiger partial charge in [-0.15, -0.1) is 0 Å². The third kappa shape index (κ3) is 3.89. The van der Waals surface area contributed by atoms with Crippen molar-refractivity contribution in [2.24, 2.45) is 0 Å². The summed E-state index contributed by atoms with van der Waals surface area (Å²) in [5, 5.41) is 9.56. The number of sulfonamides is 1. The highest BCUT2D eigenvalue weighted by atomic mass is 32.2. The molecule has 1 aromatic rings. The van der Waals surface area contributed by atoms with Gasteiger partial charge in [-0.3, -0.25) is 9.69 Å². The van der Waals surface area contributed by atoms with Crippen LogP contribution in [0, 0.1) is 0 Å². The molecule has 3 rings (SSSR count). The molecule has 2 heterocycles. The zero-order valence-corrected chi connectivity index (χ0v) is 17.2. The maximum atomic E-state index is 13.2. The number of aliphatic hydroxyl groups excluding tert-OH is 1. The third-order valence-corrected chi connectivity index (χ3v) is 7.40. The Hall–Kier alpha value is -1.48. The van der Waals surface area contributed by atoms with Crippen LogP contribution in [0.2, 0.25) is 0 Å². The molecular weight excluding hydrogens is 366 g/mol. The molecule has 0 aromatic heterocycles. The number of piperazine rings is 1. The summed E-state index contributed by atoms with van der Waals surface area (Å²) >= 11 is 0. The molecule has 27 heavy (non-hydrogen) atoms. The zero-order valence-electron chi connectivity index (χ0n) is 16.4. The first-order valence-electron chi connectivity index (χ1n) is 9.46. The summed E-state index contributed by atoms with van der Waals surface area (Å²) in [6, 6.07) is 4.96. The number of nitrogens with zero attached hydrogens (tertiary/aromatic N) is 3. The lowest BCUT2D eigenvalue weighted by atomic mass is 10.1. The molecular formula is C19H29N3O4S. The number of anilines is 1. The Balaban J connectivity index is 1.83. The standard InChI is InChI=1S/C19H29N3O4S/c1-13-9-17-10-18(5-6-19(17)22(13)16(4)24)27(25,26)21-8-7-20(11-14(21)2)12-15(3)23/h5-6,10,13-15,23H,7-9,11-12H2,1-4H3/t13-,14-,15+/m1/s1. The van der Waals surface area contributed by atoms with Crippen molar-refractivity contribution < 1.29 is 18.3 Å². The average molecular weight is 396 g/mol. The molecule has 0 radical (unpaired) electrons. The fourth-order valence-corrected chi connectivity index (χ4v) is 5.96. The third-order valence-electron chi connectivity index (χ3n) is 5.39. The van der Waals surface area contributed by atoms with E-state index in [1.807, 2.05) is 13.8 Å². The number of β-amino-alcohol motifs (C(OH)–C–C–N with tert-alkyl or cyclic N) is 1. The fraction of sp³-hybridized carbons (Fsp3) is 0.632. The van der Waals surface area contributed by atoms with Crippen LogP contribution in [0.1, 0.15) is 33.3 Å². The Kier molecular flexibility index (Phi) is 5.63. The molecule has 1 fully saturated rings. The van der Waals surface area contributed by atoms with E-state index >= 15 is 0 Å². The quantitative estimate of drug-likeness (QED) is 0.825. The summed E-state index contributed by atoms with van der Waals surface area (Å²) in [4.78, 5) is 16.0. The van der Waals surface area contributed by atoms with E-state index in [0.29, 0.717) is 32.6 Å². The van der Waals surface area contributed by atoms with Gasteiger partial charge in [0.15, 0.2) is 0 Å². The summed E-state index contributed by atoms with van der Waals surface area (Å²) < 4.78 is 28.0. The van der Waals surface area contributed by atoms with Crippen molar-refractivity contribution in [3.8, 4) is 0 Å². The second-order valence-electron chi connectivity index (χ2n) is 7.81. The van der Waals surface area contributed by atoms with Crippen molar-refractivity contribution in [2.45, 2.75) is 57.2 Å². The Labute approximate surface area is 161 Å². The van der Waals surface area contributed by atoms with Crippen LogP contribution in [0.5, 0.6) is 0 Å². The Bertz CT molecular complexity index is 824. The zero-order chi connectivity index (χ0) is 19.9. The number of amides is 1. The van der Waals surface area contributed by atoms with Crippen LogP contribution in [-0.2, 0) is 21.2 Å². The van der Waals surface area contributed by atoms with Crippen LogP contribution in [-0.4, -0.2) is 73.0 Å². The molecule has 1 N–H and O–H groups in total. The minimum Gasteiger partial charge on any atom is -0.392 e. The first-order valence-corrected chi connectivity index (χ1v) is 10.9.